The van der Waals surface area contributed by atoms with Gasteiger partial charge in [0.25, 0.3) is 0 Å². The molecule has 0 aromatic heterocycles. The van der Waals surface area contributed by atoms with E-state index in [0.717, 1.165) is 5.56 Å². The van der Waals surface area contributed by atoms with Gasteiger partial charge in [-0.1, -0.05) is 17.7 Å². The van der Waals surface area contributed by atoms with E-state index in [-0.39, 0.29) is 30.2 Å². The molecule has 1 aromatic carbocycles. The van der Waals surface area contributed by atoms with E-state index in [4.69, 9.17) is 0 Å². The Balaban J connectivity index is 2.13. The van der Waals surface area contributed by atoms with E-state index >= 15 is 0 Å². The van der Waals surface area contributed by atoms with Gasteiger partial charge in [0.1, 0.15) is 0 Å². The number of nitrogens with zero attached hydrogens (tertiary/aromatic N) is 1. The van der Waals surface area contributed by atoms with Crippen molar-refractivity contribution in [2.24, 2.45) is 0 Å². The van der Waals surface area contributed by atoms with Gasteiger partial charge < -0.3 is 10.4 Å². The number of nitrogens with one attached hydrogen (secondary N) is 1. The Hall–Kier alpha value is -1.44. The highest BCUT2D eigenvalue weighted by molar-refractivity contribution is 7.89. The number of aliphatic hydroxyl groups is 1. The number of amides is 1. The fraction of sp³-hybridized carbons (Fsp3) is 0.562. The summed E-state index contributed by atoms with van der Waals surface area (Å²) in [6.45, 7) is 2.31. The molecule has 1 aliphatic rings. The molecule has 0 spiro atoms. The van der Waals surface area contributed by atoms with Crippen molar-refractivity contribution < 1.29 is 18.3 Å². The van der Waals surface area contributed by atoms with E-state index in [1.807, 2.05) is 6.92 Å². The second-order valence-corrected chi connectivity index (χ2v) is 8.09. The number of hydrogen-bond acceptors (Lipinski definition) is 4. The first-order valence-corrected chi connectivity index (χ1v) is 9.21. The zero-order valence-electron chi connectivity index (χ0n) is 13.6. The molecule has 1 saturated heterocycles. The minimum Gasteiger partial charge on any atom is -0.388 e. The average molecular weight is 340 g/mol. The quantitative estimate of drug-likeness (QED) is 0.838. The summed E-state index contributed by atoms with van der Waals surface area (Å²) in [6.07, 6.45) is 1.53. The van der Waals surface area contributed by atoms with E-state index in [9.17, 15) is 18.3 Å². The van der Waals surface area contributed by atoms with Gasteiger partial charge in [0.15, 0.2) is 0 Å². The summed E-state index contributed by atoms with van der Waals surface area (Å²) in [4.78, 5) is 11.6. The third-order valence-electron chi connectivity index (χ3n) is 4.28. The average Bonchev–Trinajstić information content (AvgIpc) is 2.53. The van der Waals surface area contributed by atoms with Gasteiger partial charge in [-0.3, -0.25) is 4.79 Å². The highest BCUT2D eigenvalue weighted by Crippen LogP contribution is 2.29. The summed E-state index contributed by atoms with van der Waals surface area (Å²) < 4.78 is 26.8. The van der Waals surface area contributed by atoms with Crippen LogP contribution >= 0.6 is 0 Å². The Labute approximate surface area is 137 Å². The van der Waals surface area contributed by atoms with Crippen molar-refractivity contribution in [1.29, 1.82) is 0 Å². The maximum Gasteiger partial charge on any atom is 0.243 e. The van der Waals surface area contributed by atoms with Crippen LogP contribution in [0.2, 0.25) is 0 Å². The maximum absolute atomic E-state index is 12.7. The van der Waals surface area contributed by atoms with Crippen LogP contribution in [0.25, 0.3) is 0 Å². The monoisotopic (exact) mass is 340 g/mol. The standard InChI is InChI=1S/C16H24N2O4S/c1-13-4-6-14(7-5-13)23(21,22)18-11-3-9-16(20,12-18)10-8-15(19)17-2/h4-7,20H,3,8-12H2,1-2H3,(H,17,19). The number of rotatable bonds is 5. The fourth-order valence-corrected chi connectivity index (χ4v) is 4.37. The van der Waals surface area contributed by atoms with Gasteiger partial charge in [0.05, 0.1) is 10.5 Å². The molecule has 1 aromatic rings. The Morgan fingerprint density at radius 1 is 1.35 bits per heavy atom. The molecule has 0 saturated carbocycles. The van der Waals surface area contributed by atoms with Crippen LogP contribution < -0.4 is 5.32 Å². The maximum atomic E-state index is 12.7. The van der Waals surface area contributed by atoms with Crippen LogP contribution in [0.3, 0.4) is 0 Å². The zero-order valence-corrected chi connectivity index (χ0v) is 14.4. The summed E-state index contributed by atoms with van der Waals surface area (Å²) in [5.74, 6) is -0.156. The molecule has 0 radical (unpaired) electrons. The largest absolute Gasteiger partial charge is 0.388 e. The number of piperidine rings is 1. The third kappa shape index (κ3) is 4.31. The Bertz CT molecular complexity index is 657. The first-order chi connectivity index (χ1) is 10.8. The summed E-state index contributed by atoms with van der Waals surface area (Å²) in [5.41, 5.74) is -0.160. The molecule has 128 valence electrons. The van der Waals surface area contributed by atoms with Crippen molar-refractivity contribution in [3.63, 3.8) is 0 Å². The first-order valence-electron chi connectivity index (χ1n) is 7.77. The normalized spacial score (nSPS) is 22.7. The van der Waals surface area contributed by atoms with E-state index in [2.05, 4.69) is 5.32 Å². The van der Waals surface area contributed by atoms with Gasteiger partial charge in [-0.05, 0) is 38.3 Å². The summed E-state index contributed by atoms with van der Waals surface area (Å²) in [5, 5.41) is 13.2. The Morgan fingerprint density at radius 2 is 2.00 bits per heavy atom. The van der Waals surface area contributed by atoms with Crippen LogP contribution in [-0.2, 0) is 14.8 Å². The van der Waals surface area contributed by atoms with Crippen LogP contribution in [0.4, 0.5) is 0 Å². The fourth-order valence-electron chi connectivity index (χ4n) is 2.81. The molecule has 1 amide bonds. The lowest BCUT2D eigenvalue weighted by Crippen LogP contribution is -2.50. The first kappa shape index (κ1) is 17.9. The van der Waals surface area contributed by atoms with Gasteiger partial charge >= 0.3 is 0 Å². The lowest BCUT2D eigenvalue weighted by atomic mass is 9.89. The lowest BCUT2D eigenvalue weighted by Gasteiger charge is -2.38. The molecular weight excluding hydrogens is 316 g/mol. The highest BCUT2D eigenvalue weighted by Gasteiger charge is 2.38. The number of aryl methyl sites for hydroxylation is 1. The summed E-state index contributed by atoms with van der Waals surface area (Å²) in [6, 6.07) is 6.69. The number of sulfonamides is 1. The molecule has 0 aliphatic carbocycles. The number of β-amino-alcohol motifs (C(OH)–C–C–N with tert-alkyl or cyclic N) is 1. The van der Waals surface area contributed by atoms with Crippen LogP contribution in [0.1, 0.15) is 31.2 Å². The second kappa shape index (κ2) is 6.98. The Morgan fingerprint density at radius 3 is 2.61 bits per heavy atom. The molecule has 1 unspecified atom stereocenters. The molecule has 6 nitrogen and oxygen atoms in total. The van der Waals surface area contributed by atoms with Gasteiger partial charge in [0, 0.05) is 26.6 Å². The zero-order chi connectivity index (χ0) is 17.1. The molecule has 1 fully saturated rings. The van der Waals surface area contributed by atoms with Gasteiger partial charge in [-0.25, -0.2) is 8.42 Å². The van der Waals surface area contributed by atoms with E-state index in [1.165, 1.54) is 4.31 Å². The Kier molecular flexibility index (Phi) is 5.44. The predicted octanol–water partition coefficient (Wildman–Crippen LogP) is 1.04. The van der Waals surface area contributed by atoms with E-state index in [0.29, 0.717) is 19.4 Å². The second-order valence-electron chi connectivity index (χ2n) is 6.15. The van der Waals surface area contributed by atoms with Gasteiger partial charge in [-0.2, -0.15) is 4.31 Å². The number of carbonyl (C=O) groups excluding carboxylic acids is 1. The molecule has 0 bridgehead atoms. The summed E-state index contributed by atoms with van der Waals surface area (Å²) in [7, 11) is -2.08. The summed E-state index contributed by atoms with van der Waals surface area (Å²) >= 11 is 0. The number of carbonyl (C=O) groups is 1. The highest BCUT2D eigenvalue weighted by atomic mass is 32.2. The van der Waals surface area contributed by atoms with Crippen molar-refractivity contribution in [1.82, 2.24) is 9.62 Å². The van der Waals surface area contributed by atoms with Crippen LogP contribution in [0.15, 0.2) is 29.2 Å². The van der Waals surface area contributed by atoms with Crippen molar-refractivity contribution in [3.05, 3.63) is 29.8 Å². The van der Waals surface area contributed by atoms with Crippen LogP contribution in [0.5, 0.6) is 0 Å². The molecule has 7 heteroatoms. The molecule has 1 heterocycles. The topological polar surface area (TPSA) is 86.7 Å². The molecule has 23 heavy (non-hydrogen) atoms. The van der Waals surface area contributed by atoms with Gasteiger partial charge in [-0.15, -0.1) is 0 Å². The SMILES string of the molecule is CNC(=O)CCC1(O)CCCN(S(=O)(=O)c2ccc(C)cc2)C1. The van der Waals surface area contributed by atoms with E-state index < -0.39 is 15.6 Å². The van der Waals surface area contributed by atoms with Crippen molar-refractivity contribution in [2.45, 2.75) is 43.1 Å². The third-order valence-corrected chi connectivity index (χ3v) is 6.13. The minimum absolute atomic E-state index is 0.0280. The van der Waals surface area contributed by atoms with E-state index in [1.54, 1.807) is 31.3 Å². The van der Waals surface area contributed by atoms with Crippen LogP contribution in [0, 0.1) is 6.92 Å². The molecule has 2 N–H and O–H groups in total. The van der Waals surface area contributed by atoms with Crippen molar-refractivity contribution in [2.75, 3.05) is 20.1 Å². The van der Waals surface area contributed by atoms with Crippen molar-refractivity contribution in [3.8, 4) is 0 Å². The predicted molar refractivity (Wildman–Crippen MR) is 87.4 cm³/mol. The molecule has 1 atom stereocenters. The lowest BCUT2D eigenvalue weighted by molar-refractivity contribution is -0.122. The number of hydrogen-bond donors (Lipinski definition) is 2. The molecule has 2 rings (SSSR count). The smallest absolute Gasteiger partial charge is 0.243 e. The molecular formula is C16H24N2O4S. The molecule has 1 aliphatic heterocycles. The van der Waals surface area contributed by atoms with Gasteiger partial charge in [0.2, 0.25) is 15.9 Å². The minimum atomic E-state index is -3.62. The number of benzene rings is 1. The van der Waals surface area contributed by atoms with Crippen molar-refractivity contribution >= 4 is 15.9 Å². The van der Waals surface area contributed by atoms with Crippen LogP contribution in [-0.4, -0.2) is 49.5 Å².